The first-order chi connectivity index (χ1) is 13.7. The van der Waals surface area contributed by atoms with Gasteiger partial charge in [-0.3, -0.25) is 10.1 Å². The lowest BCUT2D eigenvalue weighted by molar-refractivity contribution is -0.112. The SMILES string of the molecule is CCCCc1nnc(NC(=O)/C(C#N)=C\c2ccc(SC3CCCCC3)o2)s1. The molecule has 1 aliphatic carbocycles. The van der Waals surface area contributed by atoms with Crippen molar-refractivity contribution in [1.29, 1.82) is 5.26 Å². The molecule has 1 aliphatic rings. The van der Waals surface area contributed by atoms with Crippen molar-refractivity contribution in [3.63, 3.8) is 0 Å². The summed E-state index contributed by atoms with van der Waals surface area (Å²) >= 11 is 3.09. The van der Waals surface area contributed by atoms with E-state index in [1.54, 1.807) is 17.8 Å². The highest BCUT2D eigenvalue weighted by molar-refractivity contribution is 7.99. The van der Waals surface area contributed by atoms with Gasteiger partial charge in [-0.2, -0.15) is 5.26 Å². The summed E-state index contributed by atoms with van der Waals surface area (Å²) in [5.41, 5.74) is -0.0196. The van der Waals surface area contributed by atoms with Crippen molar-refractivity contribution in [3.8, 4) is 6.07 Å². The summed E-state index contributed by atoms with van der Waals surface area (Å²) in [5, 5.41) is 22.8. The fraction of sp³-hybridized carbons (Fsp3) is 0.500. The molecule has 1 amide bonds. The van der Waals surface area contributed by atoms with Gasteiger partial charge in [-0.25, -0.2) is 0 Å². The minimum Gasteiger partial charge on any atom is -0.450 e. The predicted octanol–water partition coefficient (Wildman–Crippen LogP) is 5.44. The van der Waals surface area contributed by atoms with E-state index in [0.29, 0.717) is 16.1 Å². The third-order valence-electron chi connectivity index (χ3n) is 4.52. The Morgan fingerprint density at radius 3 is 2.96 bits per heavy atom. The molecule has 6 nitrogen and oxygen atoms in total. The number of nitrogens with zero attached hydrogens (tertiary/aromatic N) is 3. The van der Waals surface area contributed by atoms with Crippen LogP contribution in [-0.2, 0) is 11.2 Å². The first kappa shape index (κ1) is 20.6. The van der Waals surface area contributed by atoms with Crippen LogP contribution < -0.4 is 5.32 Å². The minimum atomic E-state index is -0.501. The van der Waals surface area contributed by atoms with E-state index in [1.807, 2.05) is 12.1 Å². The van der Waals surface area contributed by atoms with Gasteiger partial charge in [-0.1, -0.05) is 55.7 Å². The maximum absolute atomic E-state index is 12.4. The monoisotopic (exact) mass is 416 g/mol. The largest absolute Gasteiger partial charge is 0.450 e. The van der Waals surface area contributed by atoms with Gasteiger partial charge in [-0.05, 0) is 31.4 Å². The van der Waals surface area contributed by atoms with Crippen molar-refractivity contribution >= 4 is 40.2 Å². The molecule has 0 spiro atoms. The standard InChI is InChI=1S/C20H24N4O2S2/c1-2-3-9-17-23-24-20(28-17)22-19(25)14(13-21)12-15-10-11-18(26-15)27-16-7-5-4-6-8-16/h10-12,16H,2-9H2,1H3,(H,22,24,25)/b14-12-. The predicted molar refractivity (Wildman–Crippen MR) is 112 cm³/mol. The number of aromatic nitrogens is 2. The molecule has 8 heteroatoms. The number of carbonyl (C=O) groups excluding carboxylic acids is 1. The summed E-state index contributed by atoms with van der Waals surface area (Å²) in [6, 6.07) is 5.64. The average Bonchev–Trinajstić information content (AvgIpc) is 3.34. The Bertz CT molecular complexity index is 860. The zero-order valence-corrected chi connectivity index (χ0v) is 17.6. The fourth-order valence-electron chi connectivity index (χ4n) is 3.01. The lowest BCUT2D eigenvalue weighted by Crippen LogP contribution is -2.13. The molecule has 28 heavy (non-hydrogen) atoms. The van der Waals surface area contributed by atoms with Gasteiger partial charge in [0.25, 0.3) is 5.91 Å². The molecule has 1 saturated carbocycles. The van der Waals surface area contributed by atoms with Crippen LogP contribution in [0.1, 0.15) is 62.6 Å². The Morgan fingerprint density at radius 2 is 2.21 bits per heavy atom. The van der Waals surface area contributed by atoms with E-state index in [-0.39, 0.29) is 5.57 Å². The van der Waals surface area contributed by atoms with Gasteiger partial charge >= 0.3 is 0 Å². The van der Waals surface area contributed by atoms with Crippen molar-refractivity contribution in [3.05, 3.63) is 28.5 Å². The zero-order valence-electron chi connectivity index (χ0n) is 15.9. The van der Waals surface area contributed by atoms with Gasteiger partial charge in [0.1, 0.15) is 22.4 Å². The highest BCUT2D eigenvalue weighted by Gasteiger charge is 2.17. The number of anilines is 1. The number of hydrogen-bond donors (Lipinski definition) is 1. The van der Waals surface area contributed by atoms with Crippen molar-refractivity contribution in [2.75, 3.05) is 5.32 Å². The second kappa shape index (κ2) is 10.4. The highest BCUT2D eigenvalue weighted by Crippen LogP contribution is 2.34. The van der Waals surface area contributed by atoms with Crippen LogP contribution in [0.25, 0.3) is 6.08 Å². The molecule has 0 bridgehead atoms. The maximum atomic E-state index is 12.4. The van der Waals surface area contributed by atoms with Gasteiger partial charge < -0.3 is 4.42 Å². The lowest BCUT2D eigenvalue weighted by Gasteiger charge is -2.19. The molecular formula is C20H24N4O2S2. The molecule has 2 heterocycles. The number of hydrogen-bond acceptors (Lipinski definition) is 7. The fourth-order valence-corrected chi connectivity index (χ4v) is 4.98. The molecule has 148 valence electrons. The Morgan fingerprint density at radius 1 is 1.39 bits per heavy atom. The number of rotatable bonds is 8. The number of unbranched alkanes of at least 4 members (excludes halogenated alkanes) is 1. The minimum absolute atomic E-state index is 0.0196. The van der Waals surface area contributed by atoms with Crippen molar-refractivity contribution in [2.45, 2.75) is 68.6 Å². The summed E-state index contributed by atoms with van der Waals surface area (Å²) in [5.74, 6) is 0.00415. The Hall–Kier alpha value is -2.11. The molecule has 2 aromatic rings. The first-order valence-corrected chi connectivity index (χ1v) is 11.4. The molecule has 1 N–H and O–H groups in total. The number of amides is 1. The number of nitrogens with one attached hydrogen (secondary N) is 1. The summed E-state index contributed by atoms with van der Waals surface area (Å²) in [6.07, 6.45) is 10.7. The van der Waals surface area contributed by atoms with E-state index in [1.165, 1.54) is 49.5 Å². The van der Waals surface area contributed by atoms with Crippen molar-refractivity contribution < 1.29 is 9.21 Å². The van der Waals surface area contributed by atoms with E-state index in [2.05, 4.69) is 22.4 Å². The molecule has 0 unspecified atom stereocenters. The molecule has 0 radical (unpaired) electrons. The van der Waals surface area contributed by atoms with Crippen LogP contribution in [-0.4, -0.2) is 21.4 Å². The second-order valence-corrected chi connectivity index (χ2v) is 9.13. The van der Waals surface area contributed by atoms with Crippen LogP contribution in [0, 0.1) is 11.3 Å². The summed E-state index contributed by atoms with van der Waals surface area (Å²) in [4.78, 5) is 12.4. The zero-order chi connectivity index (χ0) is 19.8. The molecule has 0 saturated heterocycles. The van der Waals surface area contributed by atoms with Crippen molar-refractivity contribution in [1.82, 2.24) is 10.2 Å². The first-order valence-electron chi connectivity index (χ1n) is 9.70. The third-order valence-corrected chi connectivity index (χ3v) is 6.68. The van der Waals surface area contributed by atoms with E-state index >= 15 is 0 Å². The number of aryl methyl sites for hydroxylation is 1. The summed E-state index contributed by atoms with van der Waals surface area (Å²) in [6.45, 7) is 2.11. The molecule has 3 rings (SSSR count). The molecule has 2 aromatic heterocycles. The lowest BCUT2D eigenvalue weighted by atomic mass is 10.0. The third kappa shape index (κ3) is 5.94. The highest BCUT2D eigenvalue weighted by atomic mass is 32.2. The van der Waals surface area contributed by atoms with Crippen LogP contribution in [0.15, 0.2) is 27.2 Å². The van der Waals surface area contributed by atoms with Crippen LogP contribution >= 0.6 is 23.1 Å². The van der Waals surface area contributed by atoms with E-state index in [4.69, 9.17) is 4.42 Å². The summed E-state index contributed by atoms with van der Waals surface area (Å²) < 4.78 is 5.80. The van der Waals surface area contributed by atoms with Gasteiger partial charge in [0, 0.05) is 17.7 Å². The molecular weight excluding hydrogens is 392 g/mol. The topological polar surface area (TPSA) is 91.8 Å². The Kier molecular flexibility index (Phi) is 7.69. The van der Waals surface area contributed by atoms with Gasteiger partial charge in [0.2, 0.25) is 5.13 Å². The van der Waals surface area contributed by atoms with E-state index < -0.39 is 5.91 Å². The number of nitriles is 1. The van der Waals surface area contributed by atoms with Crippen LogP contribution in [0.4, 0.5) is 5.13 Å². The van der Waals surface area contributed by atoms with E-state index in [9.17, 15) is 10.1 Å². The molecule has 1 fully saturated rings. The number of thioether (sulfide) groups is 1. The van der Waals surface area contributed by atoms with Crippen molar-refractivity contribution in [2.24, 2.45) is 0 Å². The normalized spacial score (nSPS) is 15.4. The number of furan rings is 1. The summed E-state index contributed by atoms with van der Waals surface area (Å²) in [7, 11) is 0. The Labute approximate surface area is 173 Å². The molecule has 0 aliphatic heterocycles. The average molecular weight is 417 g/mol. The molecule has 0 aromatic carbocycles. The van der Waals surface area contributed by atoms with Crippen LogP contribution in [0.3, 0.4) is 0 Å². The number of carbonyl (C=O) groups is 1. The van der Waals surface area contributed by atoms with Crippen LogP contribution in [0.5, 0.6) is 0 Å². The molecule has 0 atom stereocenters. The second-order valence-electron chi connectivity index (χ2n) is 6.76. The van der Waals surface area contributed by atoms with E-state index in [0.717, 1.165) is 29.4 Å². The maximum Gasteiger partial charge on any atom is 0.268 e. The van der Waals surface area contributed by atoms with Crippen LogP contribution in [0.2, 0.25) is 0 Å². The van der Waals surface area contributed by atoms with Gasteiger partial charge in [0.15, 0.2) is 5.09 Å². The Balaban J connectivity index is 1.60. The van der Waals surface area contributed by atoms with Gasteiger partial charge in [0.05, 0.1) is 0 Å². The van der Waals surface area contributed by atoms with Gasteiger partial charge in [-0.15, -0.1) is 10.2 Å². The smallest absolute Gasteiger partial charge is 0.268 e. The quantitative estimate of drug-likeness (QED) is 0.455.